The van der Waals surface area contributed by atoms with Crippen molar-refractivity contribution in [2.45, 2.75) is 32.5 Å². The molecular weight excluding hydrogens is 429 g/mol. The van der Waals surface area contributed by atoms with E-state index in [1.807, 2.05) is 31.2 Å². The van der Waals surface area contributed by atoms with Crippen LogP contribution in [0.1, 0.15) is 34.8 Å². The number of halogens is 2. The third kappa shape index (κ3) is 3.50. The molecule has 1 N–H and O–H groups in total. The van der Waals surface area contributed by atoms with Crippen LogP contribution >= 0.6 is 11.6 Å². The summed E-state index contributed by atoms with van der Waals surface area (Å²) in [6, 6.07) is 16.8. The maximum atomic E-state index is 13.8. The first-order valence-corrected chi connectivity index (χ1v) is 10.8. The minimum absolute atomic E-state index is 0.0803. The van der Waals surface area contributed by atoms with Crippen molar-refractivity contribution >= 4 is 28.4 Å². The monoisotopic (exact) mass is 449 g/mol. The standard InChI is InChI=1S/C25H21ClFN3O2/c1-15-19-8-7-18(27)13-22(19)30(28-15)11-10-24(32)29-14-16-4-2-3-5-20(16)25(29)21-12-17(26)6-9-23(21)31/h2-9,12-13,25,31H,10-11,14H2,1H3. The summed E-state index contributed by atoms with van der Waals surface area (Å²) >= 11 is 6.20. The molecule has 1 unspecified atom stereocenters. The van der Waals surface area contributed by atoms with E-state index >= 15 is 0 Å². The van der Waals surface area contributed by atoms with Crippen molar-refractivity contribution in [3.63, 3.8) is 0 Å². The molecule has 1 atom stereocenters. The van der Waals surface area contributed by atoms with Crippen molar-refractivity contribution < 1.29 is 14.3 Å². The molecule has 0 bridgehead atoms. The highest BCUT2D eigenvalue weighted by molar-refractivity contribution is 6.30. The smallest absolute Gasteiger partial charge is 0.225 e. The van der Waals surface area contributed by atoms with Gasteiger partial charge in [0.1, 0.15) is 11.6 Å². The van der Waals surface area contributed by atoms with Gasteiger partial charge in [-0.05, 0) is 54.4 Å². The molecule has 0 fully saturated rings. The number of phenols is 1. The lowest BCUT2D eigenvalue weighted by molar-refractivity contribution is -0.133. The van der Waals surface area contributed by atoms with Gasteiger partial charge in [-0.1, -0.05) is 35.9 Å². The second kappa shape index (κ2) is 7.95. The Morgan fingerprint density at radius 2 is 1.97 bits per heavy atom. The molecule has 162 valence electrons. The topological polar surface area (TPSA) is 58.4 Å². The van der Waals surface area contributed by atoms with Gasteiger partial charge in [-0.2, -0.15) is 5.10 Å². The third-order valence-electron chi connectivity index (χ3n) is 6.04. The van der Waals surface area contributed by atoms with Gasteiger partial charge < -0.3 is 10.0 Å². The molecule has 7 heteroatoms. The van der Waals surface area contributed by atoms with Crippen LogP contribution < -0.4 is 0 Å². The van der Waals surface area contributed by atoms with Crippen molar-refractivity contribution in [2.24, 2.45) is 0 Å². The molecule has 1 aliphatic rings. The second-order valence-corrected chi connectivity index (χ2v) is 8.48. The normalized spacial score (nSPS) is 15.3. The number of amides is 1. The number of benzene rings is 3. The Hall–Kier alpha value is -3.38. The minimum Gasteiger partial charge on any atom is -0.508 e. The van der Waals surface area contributed by atoms with Crippen molar-refractivity contribution in [3.05, 3.63) is 93.9 Å². The van der Waals surface area contributed by atoms with E-state index in [4.69, 9.17) is 11.6 Å². The Kier molecular flexibility index (Phi) is 5.10. The molecule has 0 saturated carbocycles. The van der Waals surface area contributed by atoms with E-state index in [2.05, 4.69) is 5.10 Å². The summed E-state index contributed by atoms with van der Waals surface area (Å²) in [6.07, 6.45) is 0.193. The van der Waals surface area contributed by atoms with Gasteiger partial charge in [0, 0.05) is 28.9 Å². The summed E-state index contributed by atoms with van der Waals surface area (Å²) in [6.45, 7) is 2.64. The first kappa shape index (κ1) is 20.5. The Morgan fingerprint density at radius 3 is 2.81 bits per heavy atom. The number of hydrogen-bond acceptors (Lipinski definition) is 3. The molecule has 1 aliphatic heterocycles. The van der Waals surface area contributed by atoms with Gasteiger partial charge in [-0.15, -0.1) is 0 Å². The fraction of sp³-hybridized carbons (Fsp3) is 0.200. The van der Waals surface area contributed by atoms with Crippen molar-refractivity contribution in [1.29, 1.82) is 0 Å². The molecule has 3 aromatic carbocycles. The molecule has 0 radical (unpaired) electrons. The first-order valence-electron chi connectivity index (χ1n) is 10.4. The Balaban J connectivity index is 1.45. The minimum atomic E-state index is -0.425. The molecule has 1 aromatic heterocycles. The highest BCUT2D eigenvalue weighted by Gasteiger charge is 2.35. The highest BCUT2D eigenvalue weighted by atomic mass is 35.5. The quantitative estimate of drug-likeness (QED) is 0.456. The lowest BCUT2D eigenvalue weighted by atomic mass is 9.97. The maximum Gasteiger partial charge on any atom is 0.225 e. The Bertz CT molecular complexity index is 1350. The SMILES string of the molecule is Cc1nn(CCC(=O)N2Cc3ccccc3C2c2cc(Cl)ccc2O)c2cc(F)ccc12. The van der Waals surface area contributed by atoms with Gasteiger partial charge in [-0.3, -0.25) is 9.48 Å². The number of aryl methyl sites for hydroxylation is 2. The summed E-state index contributed by atoms with van der Waals surface area (Å²) in [5.74, 6) is -0.321. The summed E-state index contributed by atoms with van der Waals surface area (Å²) in [5, 5.41) is 16.4. The van der Waals surface area contributed by atoms with E-state index < -0.39 is 6.04 Å². The second-order valence-electron chi connectivity index (χ2n) is 8.05. The zero-order chi connectivity index (χ0) is 22.4. The van der Waals surface area contributed by atoms with Crippen molar-refractivity contribution in [2.75, 3.05) is 0 Å². The van der Waals surface area contributed by atoms with Gasteiger partial charge in [0.05, 0.1) is 23.8 Å². The zero-order valence-electron chi connectivity index (χ0n) is 17.4. The number of carbonyl (C=O) groups is 1. The van der Waals surface area contributed by atoms with Crippen LogP contribution in [0.2, 0.25) is 5.02 Å². The summed E-state index contributed by atoms with van der Waals surface area (Å²) < 4.78 is 15.5. The van der Waals surface area contributed by atoms with Crippen molar-refractivity contribution in [1.82, 2.24) is 14.7 Å². The Morgan fingerprint density at radius 1 is 1.16 bits per heavy atom. The van der Waals surface area contributed by atoms with Gasteiger partial charge in [0.2, 0.25) is 5.91 Å². The largest absolute Gasteiger partial charge is 0.508 e. The number of phenolic OH excluding ortho intramolecular Hbond substituents is 1. The molecule has 0 aliphatic carbocycles. The summed E-state index contributed by atoms with van der Waals surface area (Å²) in [4.78, 5) is 15.1. The molecule has 0 spiro atoms. The van der Waals surface area contributed by atoms with Crippen LogP contribution in [0.3, 0.4) is 0 Å². The Labute approximate surface area is 189 Å². The van der Waals surface area contributed by atoms with Crippen LogP contribution in [-0.4, -0.2) is 25.7 Å². The molecule has 5 nitrogen and oxygen atoms in total. The third-order valence-corrected chi connectivity index (χ3v) is 6.28. The van der Waals surface area contributed by atoms with Crippen molar-refractivity contribution in [3.8, 4) is 5.75 Å². The van der Waals surface area contributed by atoms with E-state index in [9.17, 15) is 14.3 Å². The molecule has 4 aromatic rings. The fourth-order valence-corrected chi connectivity index (χ4v) is 4.71. The van der Waals surface area contributed by atoms with Crippen LogP contribution in [0.15, 0.2) is 60.7 Å². The molecule has 1 amide bonds. The van der Waals surface area contributed by atoms with Gasteiger partial charge in [0.25, 0.3) is 0 Å². The summed E-state index contributed by atoms with van der Waals surface area (Å²) in [7, 11) is 0. The van der Waals surface area contributed by atoms with Crippen LogP contribution in [0.4, 0.5) is 4.39 Å². The fourth-order valence-electron chi connectivity index (χ4n) is 4.53. The average Bonchev–Trinajstić information content (AvgIpc) is 3.31. The van der Waals surface area contributed by atoms with E-state index in [0.717, 1.165) is 22.2 Å². The van der Waals surface area contributed by atoms with Crippen LogP contribution in [0.25, 0.3) is 10.9 Å². The van der Waals surface area contributed by atoms with E-state index in [0.29, 0.717) is 29.2 Å². The zero-order valence-corrected chi connectivity index (χ0v) is 18.2. The van der Waals surface area contributed by atoms with E-state index in [-0.39, 0.29) is 23.9 Å². The number of hydrogen-bond donors (Lipinski definition) is 1. The average molecular weight is 450 g/mol. The number of rotatable bonds is 4. The molecule has 5 rings (SSSR count). The number of carbonyl (C=O) groups excluding carboxylic acids is 1. The number of aromatic hydroxyl groups is 1. The van der Waals surface area contributed by atoms with Crippen LogP contribution in [0, 0.1) is 12.7 Å². The van der Waals surface area contributed by atoms with Gasteiger partial charge >= 0.3 is 0 Å². The molecule has 32 heavy (non-hydrogen) atoms. The number of aromatic nitrogens is 2. The first-order chi connectivity index (χ1) is 15.4. The lowest BCUT2D eigenvalue weighted by Crippen LogP contribution is -2.31. The number of fused-ring (bicyclic) bond motifs is 2. The lowest BCUT2D eigenvalue weighted by Gasteiger charge is -2.26. The molecular formula is C25H21ClFN3O2. The maximum absolute atomic E-state index is 13.8. The molecule has 2 heterocycles. The predicted octanol–water partition coefficient (Wildman–Crippen LogP) is 5.36. The number of nitrogens with zero attached hydrogens (tertiary/aromatic N) is 3. The summed E-state index contributed by atoms with van der Waals surface area (Å²) in [5.41, 5.74) is 4.07. The van der Waals surface area contributed by atoms with E-state index in [1.165, 1.54) is 12.1 Å². The van der Waals surface area contributed by atoms with Crippen LogP contribution in [-0.2, 0) is 17.9 Å². The highest BCUT2D eigenvalue weighted by Crippen LogP contribution is 2.42. The predicted molar refractivity (Wildman–Crippen MR) is 121 cm³/mol. The van der Waals surface area contributed by atoms with Crippen LogP contribution in [0.5, 0.6) is 5.75 Å². The molecule has 0 saturated heterocycles. The van der Waals surface area contributed by atoms with Gasteiger partial charge in [0.15, 0.2) is 0 Å². The van der Waals surface area contributed by atoms with E-state index in [1.54, 1.807) is 33.8 Å². The van der Waals surface area contributed by atoms with Gasteiger partial charge in [-0.25, -0.2) is 4.39 Å².